The average Bonchev–Trinajstić information content (AvgIpc) is 3.32. The second kappa shape index (κ2) is 10.7. The summed E-state index contributed by atoms with van der Waals surface area (Å²) in [5.74, 6) is -0.277. The molecule has 1 fully saturated rings. The molecule has 11 heteroatoms. The fourth-order valence-corrected chi connectivity index (χ4v) is 3.52. The Hall–Kier alpha value is -3.41. The first-order valence-electron chi connectivity index (χ1n) is 10.8. The molecule has 0 spiro atoms. The van der Waals surface area contributed by atoms with E-state index in [0.717, 1.165) is 0 Å². The number of hydrogen-bond donors (Lipinski definition) is 2. The van der Waals surface area contributed by atoms with Gasteiger partial charge >= 0.3 is 0 Å². The minimum absolute atomic E-state index is 0.0738. The molecular formula is C23H26FN5O5. The summed E-state index contributed by atoms with van der Waals surface area (Å²) in [7, 11) is 1.39. The third-order valence-electron chi connectivity index (χ3n) is 5.28. The van der Waals surface area contributed by atoms with Crippen molar-refractivity contribution in [2.75, 3.05) is 26.9 Å². The molecule has 34 heavy (non-hydrogen) atoms. The number of pyridine rings is 1. The Morgan fingerprint density at radius 1 is 1.26 bits per heavy atom. The van der Waals surface area contributed by atoms with Crippen LogP contribution in [0, 0.1) is 12.7 Å². The first-order valence-corrected chi connectivity index (χ1v) is 10.8. The van der Waals surface area contributed by atoms with Crippen LogP contribution in [0.1, 0.15) is 21.7 Å². The Balaban J connectivity index is 1.41. The number of hydrogen-bond acceptors (Lipinski definition) is 8. The largest absolute Gasteiger partial charge is 0.494 e. The Labute approximate surface area is 195 Å². The molecule has 2 N–H and O–H groups in total. The van der Waals surface area contributed by atoms with E-state index in [4.69, 9.17) is 19.3 Å². The van der Waals surface area contributed by atoms with Gasteiger partial charge in [0.15, 0.2) is 17.4 Å². The SMILES string of the molecule is COc1cc(CNC(=O)c2cc(-c3ncn(CC4COC(CO)CO4)n3)cc(C)n2)ccc1F. The number of rotatable bonds is 8. The van der Waals surface area contributed by atoms with Gasteiger partial charge in [0.2, 0.25) is 0 Å². The highest BCUT2D eigenvalue weighted by Crippen LogP contribution is 2.19. The zero-order chi connectivity index (χ0) is 24.1. The number of benzene rings is 1. The number of ether oxygens (including phenoxy) is 3. The first-order chi connectivity index (χ1) is 16.4. The Morgan fingerprint density at radius 3 is 2.79 bits per heavy atom. The monoisotopic (exact) mass is 471 g/mol. The van der Waals surface area contributed by atoms with E-state index in [-0.39, 0.29) is 42.7 Å². The molecule has 3 heterocycles. The zero-order valence-electron chi connectivity index (χ0n) is 18.9. The predicted octanol–water partition coefficient (Wildman–Crippen LogP) is 1.50. The highest BCUT2D eigenvalue weighted by atomic mass is 19.1. The summed E-state index contributed by atoms with van der Waals surface area (Å²) in [4.78, 5) is 21.4. The van der Waals surface area contributed by atoms with E-state index in [1.165, 1.54) is 19.2 Å². The van der Waals surface area contributed by atoms with E-state index >= 15 is 0 Å². The molecule has 1 saturated heterocycles. The van der Waals surface area contributed by atoms with Gasteiger partial charge in [0, 0.05) is 17.8 Å². The topological polar surface area (TPSA) is 121 Å². The fraction of sp³-hybridized carbons (Fsp3) is 0.391. The molecule has 1 aromatic carbocycles. The average molecular weight is 471 g/mol. The molecule has 1 aliphatic rings. The van der Waals surface area contributed by atoms with E-state index in [9.17, 15) is 9.18 Å². The van der Waals surface area contributed by atoms with Crippen molar-refractivity contribution in [1.82, 2.24) is 25.1 Å². The number of carbonyl (C=O) groups excluding carboxylic acids is 1. The van der Waals surface area contributed by atoms with Crippen LogP contribution in [-0.4, -0.2) is 69.9 Å². The number of aromatic nitrogens is 4. The van der Waals surface area contributed by atoms with Crippen LogP contribution in [0.15, 0.2) is 36.7 Å². The second-order valence-corrected chi connectivity index (χ2v) is 7.92. The second-order valence-electron chi connectivity index (χ2n) is 7.92. The van der Waals surface area contributed by atoms with Crippen LogP contribution in [0.25, 0.3) is 11.4 Å². The van der Waals surface area contributed by atoms with Crippen LogP contribution < -0.4 is 10.1 Å². The lowest BCUT2D eigenvalue weighted by molar-refractivity contribution is -0.149. The molecule has 180 valence electrons. The minimum atomic E-state index is -0.466. The van der Waals surface area contributed by atoms with E-state index in [0.29, 0.717) is 42.4 Å². The van der Waals surface area contributed by atoms with Gasteiger partial charge < -0.3 is 24.6 Å². The van der Waals surface area contributed by atoms with E-state index < -0.39 is 5.82 Å². The maximum Gasteiger partial charge on any atom is 0.270 e. The Morgan fingerprint density at radius 2 is 2.06 bits per heavy atom. The summed E-state index contributed by atoms with van der Waals surface area (Å²) in [6.45, 7) is 3.04. The molecule has 10 nitrogen and oxygen atoms in total. The standard InChI is InChI=1S/C23H26FN5O5/c1-14-5-16(22-26-13-29(28-22)9-17-11-34-18(10-30)12-33-17)7-20(27-14)23(31)25-8-15-3-4-19(24)21(6-15)32-2/h3-7,13,17-18,30H,8-12H2,1-2H3,(H,25,31). The van der Waals surface area contributed by atoms with Crippen molar-refractivity contribution in [2.24, 2.45) is 0 Å². The number of aryl methyl sites for hydroxylation is 1. The quantitative estimate of drug-likeness (QED) is 0.507. The maximum absolute atomic E-state index is 13.6. The first kappa shape index (κ1) is 23.7. The summed E-state index contributed by atoms with van der Waals surface area (Å²) in [6.07, 6.45) is 1.11. The van der Waals surface area contributed by atoms with Gasteiger partial charge in [-0.25, -0.2) is 19.0 Å². The summed E-state index contributed by atoms with van der Waals surface area (Å²) >= 11 is 0. The van der Waals surface area contributed by atoms with Crippen LogP contribution in [0.5, 0.6) is 5.75 Å². The molecule has 1 amide bonds. The smallest absolute Gasteiger partial charge is 0.270 e. The fourth-order valence-electron chi connectivity index (χ4n) is 3.52. The molecule has 4 rings (SSSR count). The van der Waals surface area contributed by atoms with E-state index in [1.54, 1.807) is 36.1 Å². The maximum atomic E-state index is 13.6. The van der Waals surface area contributed by atoms with Crippen molar-refractivity contribution in [1.29, 1.82) is 0 Å². The number of nitrogens with zero attached hydrogens (tertiary/aromatic N) is 4. The molecule has 0 bridgehead atoms. The van der Waals surface area contributed by atoms with Gasteiger partial charge in [0.25, 0.3) is 5.91 Å². The van der Waals surface area contributed by atoms with Gasteiger partial charge in [-0.05, 0) is 36.8 Å². The van der Waals surface area contributed by atoms with Gasteiger partial charge in [-0.3, -0.25) is 4.79 Å². The van der Waals surface area contributed by atoms with Crippen LogP contribution in [0.2, 0.25) is 0 Å². The molecule has 2 unspecified atom stereocenters. The molecule has 1 aliphatic heterocycles. The van der Waals surface area contributed by atoms with Gasteiger partial charge in [0.05, 0.1) is 33.5 Å². The van der Waals surface area contributed by atoms with E-state index in [1.807, 2.05) is 0 Å². The number of methoxy groups -OCH3 is 1. The van der Waals surface area contributed by atoms with Crippen molar-refractivity contribution in [3.8, 4) is 17.1 Å². The summed E-state index contributed by atoms with van der Waals surface area (Å²) in [6, 6.07) is 7.83. The normalized spacial score (nSPS) is 18.0. The number of halogens is 1. The zero-order valence-corrected chi connectivity index (χ0v) is 18.9. The van der Waals surface area contributed by atoms with E-state index in [2.05, 4.69) is 20.4 Å². The molecule has 2 atom stereocenters. The summed E-state index contributed by atoms with van der Waals surface area (Å²) in [5.41, 5.74) is 2.21. The highest BCUT2D eigenvalue weighted by Gasteiger charge is 2.22. The lowest BCUT2D eigenvalue weighted by Gasteiger charge is -2.28. The lowest BCUT2D eigenvalue weighted by atomic mass is 10.1. The van der Waals surface area contributed by atoms with Gasteiger partial charge in [-0.2, -0.15) is 5.10 Å². The Kier molecular flexibility index (Phi) is 7.46. The molecule has 0 saturated carbocycles. The lowest BCUT2D eigenvalue weighted by Crippen LogP contribution is -2.39. The number of amides is 1. The number of aliphatic hydroxyl groups excluding tert-OH is 1. The summed E-state index contributed by atoms with van der Waals surface area (Å²) < 4.78 is 31.4. The van der Waals surface area contributed by atoms with Crippen LogP contribution in [-0.2, 0) is 22.6 Å². The van der Waals surface area contributed by atoms with Crippen molar-refractivity contribution in [2.45, 2.75) is 32.2 Å². The summed E-state index contributed by atoms with van der Waals surface area (Å²) in [5, 5.41) is 16.4. The van der Waals surface area contributed by atoms with Crippen LogP contribution >= 0.6 is 0 Å². The molecule has 3 aromatic rings. The third kappa shape index (κ3) is 5.74. The van der Waals surface area contributed by atoms with Crippen LogP contribution in [0.3, 0.4) is 0 Å². The molecule has 0 radical (unpaired) electrons. The molecular weight excluding hydrogens is 445 g/mol. The molecule has 0 aliphatic carbocycles. The van der Waals surface area contributed by atoms with Crippen molar-refractivity contribution in [3.05, 3.63) is 59.4 Å². The van der Waals surface area contributed by atoms with Gasteiger partial charge in [0.1, 0.15) is 24.2 Å². The van der Waals surface area contributed by atoms with Crippen LogP contribution in [0.4, 0.5) is 4.39 Å². The molecule has 2 aromatic heterocycles. The van der Waals surface area contributed by atoms with Gasteiger partial charge in [-0.1, -0.05) is 6.07 Å². The van der Waals surface area contributed by atoms with Crippen molar-refractivity contribution < 1.29 is 28.5 Å². The number of carbonyl (C=O) groups is 1. The third-order valence-corrected chi connectivity index (χ3v) is 5.28. The van der Waals surface area contributed by atoms with Crippen molar-refractivity contribution >= 4 is 5.91 Å². The van der Waals surface area contributed by atoms with Crippen molar-refractivity contribution in [3.63, 3.8) is 0 Å². The van der Waals surface area contributed by atoms with Gasteiger partial charge in [-0.15, -0.1) is 0 Å². The number of aliphatic hydroxyl groups is 1. The number of nitrogens with one attached hydrogen (secondary N) is 1. The predicted molar refractivity (Wildman–Crippen MR) is 119 cm³/mol. The highest BCUT2D eigenvalue weighted by molar-refractivity contribution is 5.93. The Bertz CT molecular complexity index is 1150. The minimum Gasteiger partial charge on any atom is -0.494 e.